The van der Waals surface area contributed by atoms with Gasteiger partial charge in [-0.15, -0.1) is 0 Å². The molecule has 1 aromatic rings. The van der Waals surface area contributed by atoms with Crippen LogP contribution in [0.2, 0.25) is 0 Å². The first-order valence-electron chi connectivity index (χ1n) is 7.94. The molecule has 21 heavy (non-hydrogen) atoms. The second-order valence-electron chi connectivity index (χ2n) is 7.08. The molecule has 1 aliphatic rings. The second kappa shape index (κ2) is 6.58. The van der Waals surface area contributed by atoms with E-state index in [1.807, 2.05) is 13.8 Å². The number of carboxylic acid groups (broad SMARTS) is 1. The normalized spacial score (nSPS) is 23.2. The number of carbonyl (C=O) groups is 1. The third-order valence-corrected chi connectivity index (χ3v) is 4.53. The molecule has 1 saturated carbocycles. The van der Waals surface area contributed by atoms with Crippen LogP contribution in [-0.4, -0.2) is 21.2 Å². The van der Waals surface area contributed by atoms with E-state index in [1.54, 1.807) is 0 Å². The minimum absolute atomic E-state index is 0.103. The molecule has 1 aliphatic carbocycles. The SMILES string of the molecule is CCC1CCC(c2noc(CC(C)(C)CC(=O)O)n2)CC1. The molecule has 0 bridgehead atoms. The molecule has 0 amide bonds. The van der Waals surface area contributed by atoms with Crippen molar-refractivity contribution < 1.29 is 14.4 Å². The molecule has 1 aromatic heterocycles. The van der Waals surface area contributed by atoms with Gasteiger partial charge < -0.3 is 9.63 Å². The molecular weight excluding hydrogens is 268 g/mol. The van der Waals surface area contributed by atoms with Gasteiger partial charge in [-0.2, -0.15) is 4.98 Å². The Morgan fingerprint density at radius 3 is 2.57 bits per heavy atom. The number of aromatic nitrogens is 2. The molecule has 0 saturated heterocycles. The standard InChI is InChI=1S/C16H26N2O3/c1-4-11-5-7-12(8-6-11)15-17-13(21-18-15)9-16(2,3)10-14(19)20/h11-12H,4-10H2,1-3H3,(H,19,20). The van der Waals surface area contributed by atoms with Crippen molar-refractivity contribution in [3.8, 4) is 0 Å². The Morgan fingerprint density at radius 1 is 1.33 bits per heavy atom. The van der Waals surface area contributed by atoms with E-state index in [1.165, 1.54) is 19.3 Å². The van der Waals surface area contributed by atoms with Crippen LogP contribution in [0.15, 0.2) is 4.52 Å². The lowest BCUT2D eigenvalue weighted by Gasteiger charge is -2.25. The highest BCUT2D eigenvalue weighted by Gasteiger charge is 2.28. The van der Waals surface area contributed by atoms with Gasteiger partial charge in [-0.05, 0) is 37.0 Å². The summed E-state index contributed by atoms with van der Waals surface area (Å²) >= 11 is 0. The van der Waals surface area contributed by atoms with Crippen molar-refractivity contribution in [2.75, 3.05) is 0 Å². The van der Waals surface area contributed by atoms with Gasteiger partial charge in [0.15, 0.2) is 5.82 Å². The summed E-state index contributed by atoms with van der Waals surface area (Å²) in [6.45, 7) is 6.08. The molecule has 118 valence electrons. The molecule has 2 rings (SSSR count). The van der Waals surface area contributed by atoms with E-state index in [4.69, 9.17) is 9.63 Å². The predicted molar refractivity (Wildman–Crippen MR) is 79.0 cm³/mol. The summed E-state index contributed by atoms with van der Waals surface area (Å²) in [6, 6.07) is 0. The zero-order chi connectivity index (χ0) is 15.5. The van der Waals surface area contributed by atoms with Gasteiger partial charge in [-0.25, -0.2) is 0 Å². The van der Waals surface area contributed by atoms with Crippen molar-refractivity contribution >= 4 is 5.97 Å². The Balaban J connectivity index is 1.94. The molecule has 1 fully saturated rings. The van der Waals surface area contributed by atoms with Gasteiger partial charge in [0.2, 0.25) is 5.89 Å². The number of nitrogens with zero attached hydrogens (tertiary/aromatic N) is 2. The summed E-state index contributed by atoms with van der Waals surface area (Å²) in [5.41, 5.74) is -0.366. The Kier molecular flexibility index (Phi) is 5.01. The first-order chi connectivity index (χ1) is 9.89. The van der Waals surface area contributed by atoms with E-state index >= 15 is 0 Å². The summed E-state index contributed by atoms with van der Waals surface area (Å²) in [7, 11) is 0. The lowest BCUT2D eigenvalue weighted by molar-refractivity contribution is -0.139. The third-order valence-electron chi connectivity index (χ3n) is 4.53. The van der Waals surface area contributed by atoms with Gasteiger partial charge in [0, 0.05) is 12.3 Å². The Hall–Kier alpha value is -1.39. The summed E-state index contributed by atoms with van der Waals surface area (Å²) in [5, 5.41) is 13.0. The smallest absolute Gasteiger partial charge is 0.303 e. The van der Waals surface area contributed by atoms with Crippen LogP contribution in [-0.2, 0) is 11.2 Å². The fourth-order valence-corrected chi connectivity index (χ4v) is 3.22. The molecule has 0 aromatic carbocycles. The summed E-state index contributed by atoms with van der Waals surface area (Å²) in [5.74, 6) is 1.84. The first-order valence-corrected chi connectivity index (χ1v) is 7.94. The summed E-state index contributed by atoms with van der Waals surface area (Å²) in [6.07, 6.45) is 6.63. The quantitative estimate of drug-likeness (QED) is 0.863. The van der Waals surface area contributed by atoms with Gasteiger partial charge in [0.25, 0.3) is 0 Å². The molecule has 5 heteroatoms. The average molecular weight is 294 g/mol. The van der Waals surface area contributed by atoms with Crippen LogP contribution in [0.5, 0.6) is 0 Å². The summed E-state index contributed by atoms with van der Waals surface area (Å²) in [4.78, 5) is 15.4. The van der Waals surface area contributed by atoms with Gasteiger partial charge in [-0.1, -0.05) is 32.3 Å². The second-order valence-corrected chi connectivity index (χ2v) is 7.08. The van der Waals surface area contributed by atoms with Crippen molar-refractivity contribution in [2.24, 2.45) is 11.3 Å². The van der Waals surface area contributed by atoms with E-state index in [0.29, 0.717) is 18.2 Å². The van der Waals surface area contributed by atoms with Gasteiger partial charge in [0.1, 0.15) is 0 Å². The molecule has 0 aliphatic heterocycles. The number of carboxylic acids is 1. The number of hydrogen-bond acceptors (Lipinski definition) is 4. The van der Waals surface area contributed by atoms with Gasteiger partial charge >= 0.3 is 5.97 Å². The maximum atomic E-state index is 10.9. The highest BCUT2D eigenvalue weighted by molar-refractivity contribution is 5.67. The van der Waals surface area contributed by atoms with Crippen molar-refractivity contribution in [2.45, 2.75) is 71.6 Å². The van der Waals surface area contributed by atoms with Gasteiger partial charge in [-0.3, -0.25) is 4.79 Å². The van der Waals surface area contributed by atoms with Crippen molar-refractivity contribution in [1.82, 2.24) is 10.1 Å². The van der Waals surface area contributed by atoms with Crippen LogP contribution in [0, 0.1) is 11.3 Å². The Labute approximate surface area is 126 Å². The third kappa shape index (κ3) is 4.55. The molecule has 1 N–H and O–H groups in total. The topological polar surface area (TPSA) is 76.2 Å². The van der Waals surface area contributed by atoms with Crippen LogP contribution in [0.4, 0.5) is 0 Å². The van der Waals surface area contributed by atoms with Crippen LogP contribution >= 0.6 is 0 Å². The summed E-state index contributed by atoms with van der Waals surface area (Å²) < 4.78 is 5.33. The minimum atomic E-state index is -0.794. The van der Waals surface area contributed by atoms with Crippen LogP contribution in [0.25, 0.3) is 0 Å². The van der Waals surface area contributed by atoms with Gasteiger partial charge in [0.05, 0.1) is 6.42 Å². The molecular formula is C16H26N2O3. The van der Waals surface area contributed by atoms with Crippen LogP contribution in [0.3, 0.4) is 0 Å². The van der Waals surface area contributed by atoms with E-state index in [2.05, 4.69) is 17.1 Å². The van der Waals surface area contributed by atoms with E-state index in [-0.39, 0.29) is 11.8 Å². The lowest BCUT2D eigenvalue weighted by atomic mass is 9.80. The maximum absolute atomic E-state index is 10.9. The molecule has 0 atom stereocenters. The van der Waals surface area contributed by atoms with Crippen LogP contribution in [0.1, 0.15) is 76.9 Å². The van der Waals surface area contributed by atoms with Crippen molar-refractivity contribution in [1.29, 1.82) is 0 Å². The monoisotopic (exact) mass is 294 g/mol. The van der Waals surface area contributed by atoms with Crippen molar-refractivity contribution in [3.05, 3.63) is 11.7 Å². The number of aliphatic carboxylic acids is 1. The average Bonchev–Trinajstić information content (AvgIpc) is 2.85. The van der Waals surface area contributed by atoms with E-state index in [0.717, 1.165) is 24.6 Å². The number of rotatable bonds is 6. The van der Waals surface area contributed by atoms with E-state index < -0.39 is 5.97 Å². The molecule has 0 spiro atoms. The minimum Gasteiger partial charge on any atom is -0.481 e. The van der Waals surface area contributed by atoms with Crippen LogP contribution < -0.4 is 0 Å². The zero-order valence-corrected chi connectivity index (χ0v) is 13.3. The largest absolute Gasteiger partial charge is 0.481 e. The van der Waals surface area contributed by atoms with Crippen molar-refractivity contribution in [3.63, 3.8) is 0 Å². The molecule has 0 radical (unpaired) electrons. The lowest BCUT2D eigenvalue weighted by Crippen LogP contribution is -2.20. The zero-order valence-electron chi connectivity index (χ0n) is 13.3. The molecule has 0 unspecified atom stereocenters. The number of hydrogen-bond donors (Lipinski definition) is 1. The Bertz CT molecular complexity index is 474. The van der Waals surface area contributed by atoms with E-state index in [9.17, 15) is 4.79 Å². The molecule has 1 heterocycles. The highest BCUT2D eigenvalue weighted by atomic mass is 16.5. The fourth-order valence-electron chi connectivity index (χ4n) is 3.22. The predicted octanol–water partition coefficient (Wildman–Crippen LogP) is 3.80. The highest BCUT2D eigenvalue weighted by Crippen LogP contribution is 2.36. The molecule has 5 nitrogen and oxygen atoms in total. The Morgan fingerprint density at radius 2 is 2.00 bits per heavy atom. The fraction of sp³-hybridized carbons (Fsp3) is 0.812. The first kappa shape index (κ1) is 16.0. The maximum Gasteiger partial charge on any atom is 0.303 e.